The number of hydrogen-bond donors (Lipinski definition) is 2. The SMILES string of the molecule is COc1ccc(C(N)C(C(=O)O)C(=O)OCC2c3ccccc3-c3ccccc32)cc1. The fraction of sp³-hybridized carbons (Fsp3) is 0.200. The van der Waals surface area contributed by atoms with Gasteiger partial charge in [-0.05, 0) is 39.9 Å². The average molecular weight is 417 g/mol. The van der Waals surface area contributed by atoms with Crippen molar-refractivity contribution in [1.82, 2.24) is 0 Å². The highest BCUT2D eigenvalue weighted by Crippen LogP contribution is 2.44. The van der Waals surface area contributed by atoms with Crippen LogP contribution in [-0.4, -0.2) is 30.8 Å². The highest BCUT2D eigenvalue weighted by molar-refractivity contribution is 5.95. The van der Waals surface area contributed by atoms with Gasteiger partial charge in [0, 0.05) is 5.92 Å². The number of carbonyl (C=O) groups excluding carboxylic acids is 1. The first kappa shape index (κ1) is 20.6. The number of nitrogens with two attached hydrogens (primary N) is 1. The lowest BCUT2D eigenvalue weighted by molar-refractivity contribution is -0.160. The standard InChI is InChI=1S/C25H23NO5/c1-30-16-12-10-15(11-13-16)23(26)22(24(27)28)25(29)31-14-21-19-8-4-2-6-17(19)18-7-3-5-9-20(18)21/h2-13,21-23H,14,26H2,1H3,(H,27,28). The number of benzene rings is 3. The molecular weight excluding hydrogens is 394 g/mol. The molecule has 1 aliphatic carbocycles. The van der Waals surface area contributed by atoms with Crippen molar-refractivity contribution in [3.8, 4) is 16.9 Å². The van der Waals surface area contributed by atoms with Crippen molar-refractivity contribution in [1.29, 1.82) is 0 Å². The lowest BCUT2D eigenvalue weighted by Gasteiger charge is -2.21. The van der Waals surface area contributed by atoms with E-state index in [0.29, 0.717) is 11.3 Å². The van der Waals surface area contributed by atoms with E-state index < -0.39 is 23.9 Å². The summed E-state index contributed by atoms with van der Waals surface area (Å²) in [6.07, 6.45) is 0. The third-order valence-electron chi connectivity index (χ3n) is 5.73. The van der Waals surface area contributed by atoms with Gasteiger partial charge in [0.05, 0.1) is 13.2 Å². The van der Waals surface area contributed by atoms with Crippen LogP contribution in [0.3, 0.4) is 0 Å². The molecule has 2 unspecified atom stereocenters. The first-order valence-electron chi connectivity index (χ1n) is 9.98. The molecule has 0 aromatic heterocycles. The molecule has 3 aromatic carbocycles. The Morgan fingerprint density at radius 2 is 1.48 bits per heavy atom. The third kappa shape index (κ3) is 3.90. The minimum atomic E-state index is -1.51. The highest BCUT2D eigenvalue weighted by Gasteiger charge is 2.37. The minimum Gasteiger partial charge on any atom is -0.497 e. The Hall–Kier alpha value is -3.64. The zero-order valence-corrected chi connectivity index (χ0v) is 17.0. The number of fused-ring (bicyclic) bond motifs is 3. The van der Waals surface area contributed by atoms with Crippen molar-refractivity contribution in [2.45, 2.75) is 12.0 Å². The molecule has 0 fully saturated rings. The molecule has 0 bridgehead atoms. The van der Waals surface area contributed by atoms with Gasteiger partial charge in [-0.25, -0.2) is 0 Å². The zero-order valence-electron chi connectivity index (χ0n) is 17.0. The van der Waals surface area contributed by atoms with Gasteiger partial charge in [-0.3, -0.25) is 9.59 Å². The van der Waals surface area contributed by atoms with Crippen LogP contribution in [0.2, 0.25) is 0 Å². The van der Waals surface area contributed by atoms with Gasteiger partial charge >= 0.3 is 11.9 Å². The molecule has 0 radical (unpaired) electrons. The van der Waals surface area contributed by atoms with Crippen molar-refractivity contribution >= 4 is 11.9 Å². The summed E-state index contributed by atoms with van der Waals surface area (Å²) in [6.45, 7) is 0.0476. The van der Waals surface area contributed by atoms with Crippen LogP contribution in [0.1, 0.15) is 28.7 Å². The summed E-state index contributed by atoms with van der Waals surface area (Å²) >= 11 is 0. The van der Waals surface area contributed by atoms with E-state index in [2.05, 4.69) is 0 Å². The molecule has 0 spiro atoms. The van der Waals surface area contributed by atoms with E-state index in [0.717, 1.165) is 22.3 Å². The minimum absolute atomic E-state index is 0.0476. The normalized spacial score (nSPS) is 14.3. The monoisotopic (exact) mass is 417 g/mol. The molecule has 3 aromatic rings. The first-order valence-corrected chi connectivity index (χ1v) is 9.98. The fourth-order valence-corrected chi connectivity index (χ4v) is 4.11. The molecule has 0 saturated carbocycles. The van der Waals surface area contributed by atoms with Crippen molar-refractivity contribution in [3.63, 3.8) is 0 Å². The van der Waals surface area contributed by atoms with Gasteiger partial charge < -0.3 is 20.3 Å². The van der Waals surface area contributed by atoms with Gasteiger partial charge in [0.1, 0.15) is 12.4 Å². The Morgan fingerprint density at radius 3 is 2.00 bits per heavy atom. The van der Waals surface area contributed by atoms with Crippen LogP contribution in [-0.2, 0) is 14.3 Å². The van der Waals surface area contributed by atoms with Crippen LogP contribution >= 0.6 is 0 Å². The molecule has 1 aliphatic rings. The Bertz CT molecular complexity index is 1060. The van der Waals surface area contributed by atoms with Gasteiger partial charge in [-0.15, -0.1) is 0 Å². The maximum atomic E-state index is 12.8. The summed E-state index contributed by atoms with van der Waals surface area (Å²) in [5, 5.41) is 9.68. The maximum absolute atomic E-state index is 12.8. The molecule has 31 heavy (non-hydrogen) atoms. The fourth-order valence-electron chi connectivity index (χ4n) is 4.11. The van der Waals surface area contributed by atoms with E-state index in [1.807, 2.05) is 48.5 Å². The Morgan fingerprint density at radius 1 is 0.935 bits per heavy atom. The topological polar surface area (TPSA) is 98.9 Å². The van der Waals surface area contributed by atoms with Gasteiger partial charge in [0.15, 0.2) is 5.92 Å². The molecule has 2 atom stereocenters. The first-order chi connectivity index (χ1) is 15.0. The summed E-state index contributed by atoms with van der Waals surface area (Å²) in [6, 6.07) is 21.5. The van der Waals surface area contributed by atoms with E-state index in [1.165, 1.54) is 7.11 Å². The van der Waals surface area contributed by atoms with Crippen molar-refractivity contribution < 1.29 is 24.2 Å². The number of ether oxygens (including phenoxy) is 2. The van der Waals surface area contributed by atoms with E-state index in [-0.39, 0.29) is 12.5 Å². The predicted molar refractivity (Wildman–Crippen MR) is 116 cm³/mol. The summed E-state index contributed by atoms with van der Waals surface area (Å²) in [4.78, 5) is 24.7. The second-order valence-corrected chi connectivity index (χ2v) is 7.47. The molecule has 3 N–H and O–H groups in total. The Balaban J connectivity index is 1.53. The van der Waals surface area contributed by atoms with Crippen LogP contribution in [0.4, 0.5) is 0 Å². The zero-order chi connectivity index (χ0) is 22.0. The summed E-state index contributed by atoms with van der Waals surface area (Å²) in [7, 11) is 1.53. The smallest absolute Gasteiger partial charge is 0.322 e. The van der Waals surface area contributed by atoms with Gasteiger partial charge in [-0.1, -0.05) is 60.7 Å². The number of aliphatic carboxylic acids is 1. The molecular formula is C25H23NO5. The highest BCUT2D eigenvalue weighted by atomic mass is 16.5. The number of esters is 1. The number of rotatable bonds is 7. The second-order valence-electron chi connectivity index (χ2n) is 7.47. The number of carboxylic acid groups (broad SMARTS) is 1. The number of carboxylic acids is 1. The van der Waals surface area contributed by atoms with E-state index in [9.17, 15) is 14.7 Å². The Labute approximate surface area is 180 Å². The lowest BCUT2D eigenvalue weighted by Crippen LogP contribution is -2.36. The van der Waals surface area contributed by atoms with E-state index in [1.54, 1.807) is 24.3 Å². The third-order valence-corrected chi connectivity index (χ3v) is 5.73. The molecule has 0 saturated heterocycles. The molecule has 6 nitrogen and oxygen atoms in total. The summed E-state index contributed by atoms with van der Waals surface area (Å²) in [5.41, 5.74) is 11.0. The van der Waals surface area contributed by atoms with Crippen LogP contribution in [0.5, 0.6) is 5.75 Å². The summed E-state index contributed by atoms with van der Waals surface area (Å²) in [5.74, 6) is -3.22. The molecule has 6 heteroatoms. The van der Waals surface area contributed by atoms with Crippen LogP contribution in [0.15, 0.2) is 72.8 Å². The van der Waals surface area contributed by atoms with Gasteiger partial charge in [0.25, 0.3) is 0 Å². The second kappa shape index (κ2) is 8.62. The lowest BCUT2D eigenvalue weighted by atomic mass is 9.93. The molecule has 0 amide bonds. The van der Waals surface area contributed by atoms with Crippen LogP contribution in [0, 0.1) is 5.92 Å². The quantitative estimate of drug-likeness (QED) is 0.449. The average Bonchev–Trinajstić information content (AvgIpc) is 3.11. The van der Waals surface area contributed by atoms with Gasteiger partial charge in [0.2, 0.25) is 0 Å². The predicted octanol–water partition coefficient (Wildman–Crippen LogP) is 3.75. The van der Waals surface area contributed by atoms with Crippen molar-refractivity contribution in [3.05, 3.63) is 89.5 Å². The molecule has 4 rings (SSSR count). The molecule has 158 valence electrons. The molecule has 0 heterocycles. The number of hydrogen-bond acceptors (Lipinski definition) is 5. The van der Waals surface area contributed by atoms with E-state index in [4.69, 9.17) is 15.2 Å². The van der Waals surface area contributed by atoms with Crippen molar-refractivity contribution in [2.24, 2.45) is 11.7 Å². The largest absolute Gasteiger partial charge is 0.497 e. The Kier molecular flexibility index (Phi) is 5.73. The summed E-state index contributed by atoms with van der Waals surface area (Å²) < 4.78 is 10.6. The van der Waals surface area contributed by atoms with Crippen LogP contribution < -0.4 is 10.5 Å². The number of methoxy groups -OCH3 is 1. The maximum Gasteiger partial charge on any atom is 0.322 e. The van der Waals surface area contributed by atoms with E-state index >= 15 is 0 Å². The molecule has 0 aliphatic heterocycles. The van der Waals surface area contributed by atoms with Crippen LogP contribution in [0.25, 0.3) is 11.1 Å². The van der Waals surface area contributed by atoms with Crippen molar-refractivity contribution in [2.75, 3.05) is 13.7 Å². The number of carbonyl (C=O) groups is 2. The van der Waals surface area contributed by atoms with Gasteiger partial charge in [-0.2, -0.15) is 0 Å².